The number of rotatable bonds is 6. The summed E-state index contributed by atoms with van der Waals surface area (Å²) in [4.78, 5) is 29.6. The molecule has 0 saturated carbocycles. The lowest BCUT2D eigenvalue weighted by Crippen LogP contribution is -2.36. The van der Waals surface area contributed by atoms with Gasteiger partial charge in [-0.2, -0.15) is 4.98 Å². The monoisotopic (exact) mass is 433 g/mol. The normalized spacial score (nSPS) is 10.9. The molecule has 0 saturated heterocycles. The standard InChI is InChI=1S/C23H23N5O2S/c1-3-16-7-9-18(10-8-16)25-22(30)21(29)24-12-11-19-14-31-23-26-20(27-28(19)23)17-6-4-5-15(2)13-17/h4-10,13-14H,3,11-12H2,1-2H3,(H,24,29)(H,25,30). The van der Waals surface area contributed by atoms with E-state index < -0.39 is 11.8 Å². The summed E-state index contributed by atoms with van der Waals surface area (Å²) in [6.07, 6.45) is 1.46. The number of fused-ring (bicyclic) bond motifs is 1. The van der Waals surface area contributed by atoms with E-state index in [-0.39, 0.29) is 0 Å². The van der Waals surface area contributed by atoms with E-state index in [0.29, 0.717) is 24.5 Å². The van der Waals surface area contributed by atoms with Crippen molar-refractivity contribution in [3.05, 3.63) is 70.7 Å². The van der Waals surface area contributed by atoms with Crippen molar-refractivity contribution < 1.29 is 9.59 Å². The number of benzene rings is 2. The van der Waals surface area contributed by atoms with Crippen molar-refractivity contribution in [3.63, 3.8) is 0 Å². The van der Waals surface area contributed by atoms with Crippen LogP contribution in [0.15, 0.2) is 53.9 Å². The molecule has 0 aliphatic heterocycles. The number of thiazole rings is 1. The van der Waals surface area contributed by atoms with Gasteiger partial charge in [0, 0.05) is 29.6 Å². The molecule has 2 heterocycles. The number of aromatic nitrogens is 3. The van der Waals surface area contributed by atoms with Crippen LogP contribution in [0.1, 0.15) is 23.7 Å². The summed E-state index contributed by atoms with van der Waals surface area (Å²) >= 11 is 1.50. The van der Waals surface area contributed by atoms with Gasteiger partial charge in [0.05, 0.1) is 5.69 Å². The van der Waals surface area contributed by atoms with Gasteiger partial charge < -0.3 is 10.6 Å². The number of hydrogen-bond donors (Lipinski definition) is 2. The van der Waals surface area contributed by atoms with Gasteiger partial charge in [0.2, 0.25) is 4.96 Å². The zero-order chi connectivity index (χ0) is 21.8. The number of nitrogens with one attached hydrogen (secondary N) is 2. The highest BCUT2D eigenvalue weighted by molar-refractivity contribution is 7.15. The van der Waals surface area contributed by atoms with E-state index in [2.05, 4.69) is 27.6 Å². The smallest absolute Gasteiger partial charge is 0.313 e. The predicted octanol–water partition coefficient (Wildman–Crippen LogP) is 3.63. The SMILES string of the molecule is CCc1ccc(NC(=O)C(=O)NCCc2csc3nc(-c4cccc(C)c4)nn23)cc1. The van der Waals surface area contributed by atoms with Gasteiger partial charge in [-0.05, 0) is 37.1 Å². The van der Waals surface area contributed by atoms with E-state index >= 15 is 0 Å². The Labute approximate surface area is 184 Å². The second-order valence-electron chi connectivity index (χ2n) is 7.24. The minimum atomic E-state index is -0.679. The van der Waals surface area contributed by atoms with Crippen LogP contribution in [0.2, 0.25) is 0 Å². The highest BCUT2D eigenvalue weighted by Crippen LogP contribution is 2.21. The molecule has 0 unspecified atom stereocenters. The van der Waals surface area contributed by atoms with Gasteiger partial charge in [-0.25, -0.2) is 4.52 Å². The molecule has 4 aromatic rings. The molecular weight excluding hydrogens is 410 g/mol. The van der Waals surface area contributed by atoms with E-state index in [9.17, 15) is 9.59 Å². The first-order valence-electron chi connectivity index (χ1n) is 10.1. The molecule has 0 spiro atoms. The number of carbonyl (C=O) groups is 2. The lowest BCUT2D eigenvalue weighted by molar-refractivity contribution is -0.136. The molecule has 2 aromatic carbocycles. The minimum Gasteiger partial charge on any atom is -0.347 e. The quantitative estimate of drug-likeness (QED) is 0.455. The molecular formula is C23H23N5O2S. The van der Waals surface area contributed by atoms with E-state index in [0.717, 1.165) is 28.2 Å². The topological polar surface area (TPSA) is 88.4 Å². The first kappa shape index (κ1) is 20.7. The molecule has 7 nitrogen and oxygen atoms in total. The first-order chi connectivity index (χ1) is 15.0. The van der Waals surface area contributed by atoms with Crippen molar-refractivity contribution in [3.8, 4) is 11.4 Å². The third-order valence-electron chi connectivity index (χ3n) is 4.92. The van der Waals surface area contributed by atoms with Crippen molar-refractivity contribution in [2.45, 2.75) is 26.7 Å². The van der Waals surface area contributed by atoms with Crippen LogP contribution >= 0.6 is 11.3 Å². The second-order valence-corrected chi connectivity index (χ2v) is 8.07. The van der Waals surface area contributed by atoms with Crippen LogP contribution in [0.4, 0.5) is 5.69 Å². The number of aryl methyl sites for hydroxylation is 2. The minimum absolute atomic E-state index is 0.326. The molecule has 0 radical (unpaired) electrons. The summed E-state index contributed by atoms with van der Waals surface area (Å²) in [5.41, 5.74) is 4.82. The van der Waals surface area contributed by atoms with Gasteiger partial charge in [-0.15, -0.1) is 16.4 Å². The second kappa shape index (κ2) is 9.09. The fraction of sp³-hybridized carbons (Fsp3) is 0.217. The maximum atomic E-state index is 12.1. The number of amides is 2. The third kappa shape index (κ3) is 4.80. The fourth-order valence-electron chi connectivity index (χ4n) is 3.20. The zero-order valence-corrected chi connectivity index (χ0v) is 18.2. The molecule has 0 aliphatic rings. The van der Waals surface area contributed by atoms with Crippen molar-refractivity contribution in [1.82, 2.24) is 19.9 Å². The molecule has 2 aromatic heterocycles. The maximum Gasteiger partial charge on any atom is 0.313 e. The Bertz CT molecular complexity index is 1230. The molecule has 4 rings (SSSR count). The molecule has 2 N–H and O–H groups in total. The Hall–Kier alpha value is -3.52. The summed E-state index contributed by atoms with van der Waals surface area (Å²) in [6, 6.07) is 15.5. The van der Waals surface area contributed by atoms with Crippen molar-refractivity contribution >= 4 is 33.8 Å². The average molecular weight is 434 g/mol. The van der Waals surface area contributed by atoms with E-state index in [1.807, 2.05) is 48.7 Å². The van der Waals surface area contributed by atoms with E-state index in [1.165, 1.54) is 16.9 Å². The maximum absolute atomic E-state index is 12.1. The Kier molecular flexibility index (Phi) is 6.08. The summed E-state index contributed by atoms with van der Waals surface area (Å²) < 4.78 is 1.80. The van der Waals surface area contributed by atoms with Gasteiger partial charge in [-0.1, -0.05) is 42.8 Å². The largest absolute Gasteiger partial charge is 0.347 e. The Morgan fingerprint density at radius 3 is 2.65 bits per heavy atom. The Balaban J connectivity index is 1.34. The summed E-state index contributed by atoms with van der Waals surface area (Å²) in [5, 5.41) is 11.9. The summed E-state index contributed by atoms with van der Waals surface area (Å²) in [6.45, 7) is 4.42. The predicted molar refractivity (Wildman–Crippen MR) is 122 cm³/mol. The molecule has 2 amide bonds. The van der Waals surface area contributed by atoms with Gasteiger partial charge in [0.25, 0.3) is 0 Å². The van der Waals surface area contributed by atoms with Crippen LogP contribution in [0.5, 0.6) is 0 Å². The lowest BCUT2D eigenvalue weighted by atomic mass is 10.1. The first-order valence-corrected chi connectivity index (χ1v) is 11.0. The molecule has 0 bridgehead atoms. The van der Waals surface area contributed by atoms with Gasteiger partial charge >= 0.3 is 11.8 Å². The molecule has 0 fully saturated rings. The summed E-state index contributed by atoms with van der Waals surface area (Å²) in [7, 11) is 0. The Morgan fingerprint density at radius 1 is 1.10 bits per heavy atom. The number of anilines is 1. The van der Waals surface area contributed by atoms with Crippen molar-refractivity contribution in [2.24, 2.45) is 0 Å². The van der Waals surface area contributed by atoms with Crippen LogP contribution in [-0.2, 0) is 22.4 Å². The molecule has 0 aliphatic carbocycles. The highest BCUT2D eigenvalue weighted by Gasteiger charge is 2.15. The van der Waals surface area contributed by atoms with Crippen molar-refractivity contribution in [1.29, 1.82) is 0 Å². The lowest BCUT2D eigenvalue weighted by Gasteiger charge is -2.07. The average Bonchev–Trinajstić information content (AvgIpc) is 3.36. The summed E-state index contributed by atoms with van der Waals surface area (Å²) in [5.74, 6) is -0.665. The van der Waals surface area contributed by atoms with E-state index in [4.69, 9.17) is 0 Å². The van der Waals surface area contributed by atoms with Crippen LogP contribution in [0, 0.1) is 6.92 Å². The van der Waals surface area contributed by atoms with Crippen molar-refractivity contribution in [2.75, 3.05) is 11.9 Å². The molecule has 0 atom stereocenters. The van der Waals surface area contributed by atoms with Crippen LogP contribution in [0.3, 0.4) is 0 Å². The zero-order valence-electron chi connectivity index (χ0n) is 17.4. The van der Waals surface area contributed by atoms with Crippen LogP contribution in [0.25, 0.3) is 16.3 Å². The van der Waals surface area contributed by atoms with E-state index in [1.54, 1.807) is 16.6 Å². The van der Waals surface area contributed by atoms with Crippen LogP contribution in [-0.4, -0.2) is 33.0 Å². The number of hydrogen-bond acceptors (Lipinski definition) is 5. The third-order valence-corrected chi connectivity index (χ3v) is 5.78. The molecule has 158 valence electrons. The molecule has 31 heavy (non-hydrogen) atoms. The number of carbonyl (C=O) groups excluding carboxylic acids is 2. The van der Waals surface area contributed by atoms with Crippen LogP contribution < -0.4 is 10.6 Å². The Morgan fingerprint density at radius 2 is 1.90 bits per heavy atom. The number of nitrogens with zero attached hydrogens (tertiary/aromatic N) is 3. The highest BCUT2D eigenvalue weighted by atomic mass is 32.1. The van der Waals surface area contributed by atoms with Gasteiger partial charge in [-0.3, -0.25) is 9.59 Å². The molecule has 8 heteroatoms. The van der Waals surface area contributed by atoms with Gasteiger partial charge in [0.1, 0.15) is 0 Å². The van der Waals surface area contributed by atoms with Gasteiger partial charge in [0.15, 0.2) is 5.82 Å². The fourth-order valence-corrected chi connectivity index (χ4v) is 4.06.